The quantitative estimate of drug-likeness (QED) is 0.804. The number of carbonyl (C=O) groups excluding carboxylic acids is 3. The van der Waals surface area contributed by atoms with Crippen molar-refractivity contribution in [3.63, 3.8) is 0 Å². The first kappa shape index (κ1) is 18.1. The summed E-state index contributed by atoms with van der Waals surface area (Å²) in [5, 5.41) is 2.95. The van der Waals surface area contributed by atoms with Gasteiger partial charge in [0.05, 0.1) is 17.5 Å². The maximum absolute atomic E-state index is 13.0. The first-order valence-electron chi connectivity index (χ1n) is 10.5. The van der Waals surface area contributed by atoms with E-state index in [1.54, 1.807) is 24.3 Å². The van der Waals surface area contributed by atoms with Gasteiger partial charge in [-0.3, -0.25) is 19.3 Å². The number of nitrogens with one attached hydrogen (secondary N) is 1. The van der Waals surface area contributed by atoms with Gasteiger partial charge in [-0.15, -0.1) is 0 Å². The summed E-state index contributed by atoms with van der Waals surface area (Å²) < 4.78 is 0. The van der Waals surface area contributed by atoms with Crippen molar-refractivity contribution in [1.29, 1.82) is 0 Å². The SMILES string of the molecule is CCc1ccccc1NC(=O)c1cccc(N2C(=O)[C@H]3[C@@H]4CC[C@@H](C4)[C@@H]3C2=O)c1. The summed E-state index contributed by atoms with van der Waals surface area (Å²) in [6.07, 6.45) is 3.94. The number of nitrogens with zero attached hydrogens (tertiary/aromatic N) is 1. The predicted octanol–water partition coefficient (Wildman–Crippen LogP) is 4.04. The van der Waals surface area contributed by atoms with E-state index in [1.165, 1.54) is 4.90 Å². The second kappa shape index (κ2) is 6.83. The number of hydrogen-bond acceptors (Lipinski definition) is 3. The topological polar surface area (TPSA) is 66.5 Å². The summed E-state index contributed by atoms with van der Waals surface area (Å²) in [5.41, 5.74) is 2.79. The number of amides is 3. The van der Waals surface area contributed by atoms with E-state index in [0.29, 0.717) is 23.1 Å². The van der Waals surface area contributed by atoms with Gasteiger partial charge in [-0.2, -0.15) is 0 Å². The number of aryl methyl sites for hydroxylation is 1. The third kappa shape index (κ3) is 2.79. The molecule has 1 aliphatic heterocycles. The second-order valence-electron chi connectivity index (χ2n) is 8.41. The Morgan fingerprint density at radius 1 is 1.00 bits per heavy atom. The van der Waals surface area contributed by atoms with Gasteiger partial charge in [-0.1, -0.05) is 31.2 Å². The Morgan fingerprint density at radius 2 is 1.69 bits per heavy atom. The molecule has 2 aliphatic carbocycles. The predicted molar refractivity (Wildman–Crippen MR) is 111 cm³/mol. The standard InChI is InChI=1S/C24H24N2O3/c1-2-14-6-3-4-9-19(14)25-22(27)17-7-5-8-18(13-17)26-23(28)20-15-10-11-16(12-15)21(20)24(26)29/h3-9,13,15-16,20-21H,2,10-12H2,1H3,(H,25,27)/t15-,16+,20-,21-/m0/s1. The summed E-state index contributed by atoms with van der Waals surface area (Å²) in [5.74, 6) is -0.0217. The molecule has 1 heterocycles. The number of para-hydroxylation sites is 1. The zero-order valence-corrected chi connectivity index (χ0v) is 16.4. The van der Waals surface area contributed by atoms with Crippen LogP contribution in [0.1, 0.15) is 42.1 Å². The molecule has 3 amide bonds. The lowest BCUT2D eigenvalue weighted by molar-refractivity contribution is -0.123. The van der Waals surface area contributed by atoms with Crippen molar-refractivity contribution in [3.8, 4) is 0 Å². The Hall–Kier alpha value is -2.95. The Kier molecular flexibility index (Phi) is 4.26. The molecule has 2 aromatic rings. The number of anilines is 2. The smallest absolute Gasteiger partial charge is 0.255 e. The largest absolute Gasteiger partial charge is 0.322 e. The van der Waals surface area contributed by atoms with Gasteiger partial charge >= 0.3 is 0 Å². The molecule has 0 aromatic heterocycles. The van der Waals surface area contributed by atoms with Crippen molar-refractivity contribution in [3.05, 3.63) is 59.7 Å². The first-order chi connectivity index (χ1) is 14.1. The lowest BCUT2D eigenvalue weighted by Gasteiger charge is -2.19. The van der Waals surface area contributed by atoms with Gasteiger partial charge in [0.2, 0.25) is 11.8 Å². The van der Waals surface area contributed by atoms with E-state index in [2.05, 4.69) is 5.32 Å². The maximum atomic E-state index is 13.0. The number of fused-ring (bicyclic) bond motifs is 5. The number of imide groups is 1. The Bertz CT molecular complexity index is 987. The van der Waals surface area contributed by atoms with Crippen LogP contribution in [-0.2, 0) is 16.0 Å². The fourth-order valence-corrected chi connectivity index (χ4v) is 5.59. The van der Waals surface area contributed by atoms with Crippen LogP contribution in [0.3, 0.4) is 0 Å². The molecule has 1 saturated heterocycles. The third-order valence-corrected chi connectivity index (χ3v) is 6.94. The molecule has 4 atom stereocenters. The molecule has 0 spiro atoms. The Labute approximate surface area is 170 Å². The minimum Gasteiger partial charge on any atom is -0.322 e. The van der Waals surface area contributed by atoms with Crippen molar-refractivity contribution < 1.29 is 14.4 Å². The van der Waals surface area contributed by atoms with Crippen LogP contribution in [0.15, 0.2) is 48.5 Å². The van der Waals surface area contributed by atoms with E-state index in [1.807, 2.05) is 31.2 Å². The molecule has 5 rings (SSSR count). The highest BCUT2D eigenvalue weighted by Gasteiger charge is 2.61. The summed E-state index contributed by atoms with van der Waals surface area (Å²) in [7, 11) is 0. The number of hydrogen-bond donors (Lipinski definition) is 1. The number of benzene rings is 2. The van der Waals surface area contributed by atoms with E-state index in [4.69, 9.17) is 0 Å². The molecule has 148 valence electrons. The number of rotatable bonds is 4. The average molecular weight is 388 g/mol. The van der Waals surface area contributed by atoms with Gasteiger partial charge in [0, 0.05) is 11.3 Å². The van der Waals surface area contributed by atoms with Gasteiger partial charge < -0.3 is 5.32 Å². The molecule has 2 bridgehead atoms. The zero-order valence-electron chi connectivity index (χ0n) is 16.4. The Morgan fingerprint density at radius 3 is 2.38 bits per heavy atom. The normalized spacial score (nSPS) is 27.4. The van der Waals surface area contributed by atoms with Gasteiger partial charge in [-0.25, -0.2) is 0 Å². The van der Waals surface area contributed by atoms with Crippen molar-refractivity contribution in [2.75, 3.05) is 10.2 Å². The van der Waals surface area contributed by atoms with Crippen LogP contribution < -0.4 is 10.2 Å². The van der Waals surface area contributed by atoms with Gasteiger partial charge in [0.1, 0.15) is 0 Å². The summed E-state index contributed by atoms with van der Waals surface area (Å²) >= 11 is 0. The van der Waals surface area contributed by atoms with Crippen molar-refractivity contribution >= 4 is 29.1 Å². The van der Waals surface area contributed by atoms with Crippen LogP contribution in [0.4, 0.5) is 11.4 Å². The van der Waals surface area contributed by atoms with Crippen LogP contribution in [0.25, 0.3) is 0 Å². The molecule has 0 unspecified atom stereocenters. The molecule has 0 radical (unpaired) electrons. The molecular weight excluding hydrogens is 364 g/mol. The summed E-state index contributed by atoms with van der Waals surface area (Å²) in [6, 6.07) is 14.6. The summed E-state index contributed by atoms with van der Waals surface area (Å²) in [4.78, 5) is 40.2. The minimum atomic E-state index is -0.243. The number of carbonyl (C=O) groups is 3. The van der Waals surface area contributed by atoms with Gasteiger partial charge in [0.15, 0.2) is 0 Å². The van der Waals surface area contributed by atoms with E-state index < -0.39 is 0 Å². The van der Waals surface area contributed by atoms with E-state index in [-0.39, 0.29) is 29.6 Å². The molecule has 3 aliphatic rings. The molecule has 2 aromatic carbocycles. The van der Waals surface area contributed by atoms with Crippen LogP contribution in [0.5, 0.6) is 0 Å². The highest BCUT2D eigenvalue weighted by atomic mass is 16.2. The molecular formula is C24H24N2O3. The minimum absolute atomic E-state index is 0.0823. The Balaban J connectivity index is 1.41. The average Bonchev–Trinajstić information content (AvgIpc) is 3.42. The highest BCUT2D eigenvalue weighted by Crippen LogP contribution is 2.56. The van der Waals surface area contributed by atoms with Crippen LogP contribution >= 0.6 is 0 Å². The maximum Gasteiger partial charge on any atom is 0.255 e. The fourth-order valence-electron chi connectivity index (χ4n) is 5.59. The van der Waals surface area contributed by atoms with E-state index in [0.717, 1.165) is 36.9 Å². The van der Waals surface area contributed by atoms with Gasteiger partial charge in [0.25, 0.3) is 5.91 Å². The molecule has 29 heavy (non-hydrogen) atoms. The van der Waals surface area contributed by atoms with Crippen LogP contribution in [-0.4, -0.2) is 17.7 Å². The third-order valence-electron chi connectivity index (χ3n) is 6.94. The fraction of sp³-hybridized carbons (Fsp3) is 0.375. The van der Waals surface area contributed by atoms with Crippen molar-refractivity contribution in [2.24, 2.45) is 23.7 Å². The van der Waals surface area contributed by atoms with E-state index >= 15 is 0 Å². The van der Waals surface area contributed by atoms with Crippen molar-refractivity contribution in [2.45, 2.75) is 32.6 Å². The highest BCUT2D eigenvalue weighted by molar-refractivity contribution is 6.23. The van der Waals surface area contributed by atoms with Crippen LogP contribution in [0.2, 0.25) is 0 Å². The molecule has 5 nitrogen and oxygen atoms in total. The molecule has 2 saturated carbocycles. The van der Waals surface area contributed by atoms with Crippen LogP contribution in [0, 0.1) is 23.7 Å². The first-order valence-corrected chi connectivity index (χ1v) is 10.5. The zero-order chi connectivity index (χ0) is 20.1. The second-order valence-corrected chi connectivity index (χ2v) is 8.41. The monoisotopic (exact) mass is 388 g/mol. The summed E-state index contributed by atoms with van der Waals surface area (Å²) in [6.45, 7) is 2.04. The van der Waals surface area contributed by atoms with Gasteiger partial charge in [-0.05, 0) is 67.3 Å². The molecule has 1 N–H and O–H groups in total. The van der Waals surface area contributed by atoms with E-state index in [9.17, 15) is 14.4 Å². The lowest BCUT2D eigenvalue weighted by atomic mass is 9.81. The lowest BCUT2D eigenvalue weighted by Crippen LogP contribution is -2.33. The van der Waals surface area contributed by atoms with Crippen molar-refractivity contribution in [1.82, 2.24) is 0 Å². The molecule has 3 fully saturated rings. The molecule has 5 heteroatoms.